The Hall–Kier alpha value is -2.80. The van der Waals surface area contributed by atoms with E-state index in [-0.39, 0.29) is 5.56 Å². The molecule has 0 aromatic carbocycles. The fourth-order valence-electron chi connectivity index (χ4n) is 4.98. The quantitative estimate of drug-likeness (QED) is 0.637. The normalized spacial score (nSPS) is 17.6. The van der Waals surface area contributed by atoms with Crippen LogP contribution in [0, 0.1) is 5.92 Å². The molecule has 0 spiro atoms. The lowest BCUT2D eigenvalue weighted by Gasteiger charge is -2.32. The summed E-state index contributed by atoms with van der Waals surface area (Å²) in [6, 6.07) is 7.27. The van der Waals surface area contributed by atoms with Crippen molar-refractivity contribution in [2.45, 2.75) is 51.6 Å². The highest BCUT2D eigenvalue weighted by atomic mass is 16.1. The number of fused-ring (bicyclic) bond motifs is 1. The maximum absolute atomic E-state index is 12.4. The highest BCUT2D eigenvalue weighted by molar-refractivity contribution is 5.56. The first-order chi connectivity index (χ1) is 15.2. The van der Waals surface area contributed by atoms with Crippen LogP contribution in [0.2, 0.25) is 0 Å². The van der Waals surface area contributed by atoms with Crippen LogP contribution in [0.5, 0.6) is 0 Å². The van der Waals surface area contributed by atoms with Crippen molar-refractivity contribution in [1.29, 1.82) is 0 Å². The summed E-state index contributed by atoms with van der Waals surface area (Å²) < 4.78 is 3.75. The Morgan fingerprint density at radius 3 is 2.58 bits per heavy atom. The fraction of sp³-hybridized carbons (Fsp3) is 0.500. The number of piperidine rings is 1. The van der Waals surface area contributed by atoms with Crippen LogP contribution in [0.1, 0.15) is 42.6 Å². The van der Waals surface area contributed by atoms with Gasteiger partial charge in [0.2, 0.25) is 0 Å². The molecule has 0 radical (unpaired) electrons. The minimum Gasteiger partial charge on any atom is -0.297 e. The van der Waals surface area contributed by atoms with Crippen LogP contribution in [0.4, 0.5) is 0 Å². The minimum atomic E-state index is -0.0262. The van der Waals surface area contributed by atoms with E-state index in [1.165, 1.54) is 36.2 Å². The predicted molar refractivity (Wildman–Crippen MR) is 120 cm³/mol. The molecule has 0 unspecified atom stereocenters. The Labute approximate surface area is 182 Å². The molecule has 1 aliphatic heterocycles. The molecular formula is C24H30N6O. The zero-order chi connectivity index (χ0) is 21.2. The molecule has 31 heavy (non-hydrogen) atoms. The fourth-order valence-corrected chi connectivity index (χ4v) is 4.98. The van der Waals surface area contributed by atoms with Gasteiger partial charge in [-0.2, -0.15) is 10.2 Å². The third-order valence-corrected chi connectivity index (χ3v) is 6.80. The van der Waals surface area contributed by atoms with Gasteiger partial charge in [-0.3, -0.25) is 19.4 Å². The Balaban J connectivity index is 1.22. The van der Waals surface area contributed by atoms with Gasteiger partial charge in [-0.15, -0.1) is 0 Å². The van der Waals surface area contributed by atoms with Gasteiger partial charge >= 0.3 is 0 Å². The SMILES string of the molecule is Cn1nc2c(c1CN1CCC(Cn3nc(-c4ccncc4)ccc3=O)CC1)CCCC2. The second kappa shape index (κ2) is 8.75. The molecule has 0 saturated carbocycles. The molecule has 0 atom stereocenters. The first kappa shape index (κ1) is 20.1. The smallest absolute Gasteiger partial charge is 0.266 e. The van der Waals surface area contributed by atoms with E-state index in [1.807, 2.05) is 12.1 Å². The predicted octanol–water partition coefficient (Wildman–Crippen LogP) is 2.83. The Morgan fingerprint density at radius 2 is 1.77 bits per heavy atom. The van der Waals surface area contributed by atoms with E-state index in [4.69, 9.17) is 5.10 Å². The second-order valence-corrected chi connectivity index (χ2v) is 8.90. The lowest BCUT2D eigenvalue weighted by molar-refractivity contribution is 0.160. The first-order valence-corrected chi connectivity index (χ1v) is 11.4. The van der Waals surface area contributed by atoms with E-state index < -0.39 is 0 Å². The number of hydrogen-bond acceptors (Lipinski definition) is 5. The van der Waals surface area contributed by atoms with Crippen molar-refractivity contribution in [3.8, 4) is 11.3 Å². The summed E-state index contributed by atoms with van der Waals surface area (Å²) in [5.74, 6) is 0.481. The lowest BCUT2D eigenvalue weighted by Crippen LogP contribution is -2.37. The molecule has 4 heterocycles. The second-order valence-electron chi connectivity index (χ2n) is 8.90. The van der Waals surface area contributed by atoms with E-state index in [0.29, 0.717) is 12.5 Å². The number of aryl methyl sites for hydroxylation is 2. The highest BCUT2D eigenvalue weighted by Gasteiger charge is 2.24. The first-order valence-electron chi connectivity index (χ1n) is 11.4. The summed E-state index contributed by atoms with van der Waals surface area (Å²) >= 11 is 0. The van der Waals surface area contributed by atoms with Crippen molar-refractivity contribution >= 4 is 0 Å². The molecule has 1 saturated heterocycles. The van der Waals surface area contributed by atoms with Gasteiger partial charge in [0.05, 0.1) is 17.1 Å². The summed E-state index contributed by atoms with van der Waals surface area (Å²) in [7, 11) is 2.09. The standard InChI is InChI=1S/C24H30N6O/c1-28-23(20-4-2-3-5-22(20)26-28)17-29-14-10-18(11-15-29)16-30-24(31)7-6-21(27-30)19-8-12-25-13-9-19/h6-9,12-13,18H,2-5,10-11,14-17H2,1H3. The van der Waals surface area contributed by atoms with E-state index in [0.717, 1.165) is 50.2 Å². The van der Waals surface area contributed by atoms with Gasteiger partial charge in [-0.1, -0.05) is 0 Å². The van der Waals surface area contributed by atoms with Crippen molar-refractivity contribution in [1.82, 2.24) is 29.4 Å². The van der Waals surface area contributed by atoms with E-state index >= 15 is 0 Å². The molecule has 3 aromatic heterocycles. The molecule has 7 nitrogen and oxygen atoms in total. The summed E-state index contributed by atoms with van der Waals surface area (Å²) in [5, 5.41) is 9.40. The number of hydrogen-bond donors (Lipinski definition) is 0. The largest absolute Gasteiger partial charge is 0.297 e. The molecule has 162 valence electrons. The van der Waals surface area contributed by atoms with E-state index in [9.17, 15) is 4.79 Å². The van der Waals surface area contributed by atoms with Crippen molar-refractivity contribution in [2.24, 2.45) is 13.0 Å². The number of likely N-dealkylation sites (tertiary alicyclic amines) is 1. The molecule has 7 heteroatoms. The molecule has 1 fully saturated rings. The summed E-state index contributed by atoms with van der Waals surface area (Å²) in [4.78, 5) is 19.0. The van der Waals surface area contributed by atoms with Gasteiger partial charge in [0, 0.05) is 44.2 Å². The minimum absolute atomic E-state index is 0.0262. The monoisotopic (exact) mass is 418 g/mol. The van der Waals surface area contributed by atoms with Gasteiger partial charge in [-0.05, 0) is 81.3 Å². The van der Waals surface area contributed by atoms with Crippen LogP contribution in [0.3, 0.4) is 0 Å². The van der Waals surface area contributed by atoms with Crippen LogP contribution >= 0.6 is 0 Å². The molecule has 0 amide bonds. The van der Waals surface area contributed by atoms with Crippen LogP contribution in [-0.4, -0.2) is 42.5 Å². The van der Waals surface area contributed by atoms with Gasteiger partial charge in [0.15, 0.2) is 0 Å². The van der Waals surface area contributed by atoms with Gasteiger partial charge in [0.1, 0.15) is 0 Å². The average Bonchev–Trinajstić information content (AvgIpc) is 3.12. The summed E-state index contributed by atoms with van der Waals surface area (Å²) in [6.07, 6.45) is 10.5. The van der Waals surface area contributed by atoms with Crippen LogP contribution < -0.4 is 5.56 Å². The number of pyridine rings is 1. The van der Waals surface area contributed by atoms with Gasteiger partial charge < -0.3 is 0 Å². The Kier molecular flexibility index (Phi) is 5.68. The molecule has 0 N–H and O–H groups in total. The van der Waals surface area contributed by atoms with Gasteiger partial charge in [-0.25, -0.2) is 4.68 Å². The van der Waals surface area contributed by atoms with Crippen molar-refractivity contribution in [2.75, 3.05) is 13.1 Å². The van der Waals surface area contributed by atoms with Crippen LogP contribution in [0.25, 0.3) is 11.3 Å². The highest BCUT2D eigenvalue weighted by Crippen LogP contribution is 2.26. The molecule has 5 rings (SSSR count). The third-order valence-electron chi connectivity index (χ3n) is 6.80. The van der Waals surface area contributed by atoms with Crippen LogP contribution in [0.15, 0.2) is 41.5 Å². The van der Waals surface area contributed by atoms with Gasteiger partial charge in [0.25, 0.3) is 5.56 Å². The zero-order valence-corrected chi connectivity index (χ0v) is 18.2. The van der Waals surface area contributed by atoms with Crippen LogP contribution in [-0.2, 0) is 33.0 Å². The molecular weight excluding hydrogens is 388 g/mol. The number of nitrogens with zero attached hydrogens (tertiary/aromatic N) is 6. The van der Waals surface area contributed by atoms with E-state index in [2.05, 4.69) is 26.7 Å². The molecule has 1 aliphatic carbocycles. The molecule has 0 bridgehead atoms. The maximum atomic E-state index is 12.4. The van der Waals surface area contributed by atoms with Crippen molar-refractivity contribution in [3.05, 3.63) is 64.0 Å². The Morgan fingerprint density at radius 1 is 1.00 bits per heavy atom. The number of aromatic nitrogens is 5. The van der Waals surface area contributed by atoms with Crippen molar-refractivity contribution in [3.63, 3.8) is 0 Å². The lowest BCUT2D eigenvalue weighted by atomic mass is 9.94. The summed E-state index contributed by atoms with van der Waals surface area (Å²) in [6.45, 7) is 3.79. The molecule has 3 aromatic rings. The maximum Gasteiger partial charge on any atom is 0.266 e. The van der Waals surface area contributed by atoms with E-state index in [1.54, 1.807) is 29.2 Å². The summed E-state index contributed by atoms with van der Waals surface area (Å²) in [5.41, 5.74) is 5.99. The average molecular weight is 419 g/mol. The Bertz CT molecular complexity index is 1100. The third kappa shape index (κ3) is 4.32. The number of rotatable bonds is 5. The molecule has 2 aliphatic rings. The zero-order valence-electron chi connectivity index (χ0n) is 18.2. The van der Waals surface area contributed by atoms with Crippen molar-refractivity contribution < 1.29 is 0 Å². The topological polar surface area (TPSA) is 68.8 Å².